The quantitative estimate of drug-likeness (QED) is 0.363. The second-order valence-electron chi connectivity index (χ2n) is 9.76. The van der Waals surface area contributed by atoms with Gasteiger partial charge in [0.2, 0.25) is 11.8 Å². The topological polar surface area (TPSA) is 154 Å². The number of urea groups is 1. The number of primary amides is 1. The van der Waals surface area contributed by atoms with E-state index in [4.69, 9.17) is 5.73 Å². The molecule has 10 nitrogen and oxygen atoms in total. The zero-order valence-corrected chi connectivity index (χ0v) is 20.5. The van der Waals surface area contributed by atoms with Crippen molar-refractivity contribution in [3.8, 4) is 0 Å². The van der Waals surface area contributed by atoms with E-state index in [2.05, 4.69) is 16.0 Å². The molecule has 2 aliphatic rings. The number of aliphatic hydroxyl groups is 1. The van der Waals surface area contributed by atoms with Crippen LogP contribution in [0.15, 0.2) is 24.3 Å². The molecule has 1 aromatic carbocycles. The largest absolute Gasteiger partial charge is 0.384 e. The van der Waals surface area contributed by atoms with E-state index in [1.807, 2.05) is 0 Å². The maximum Gasteiger partial charge on any atom is 0.319 e. The van der Waals surface area contributed by atoms with E-state index >= 15 is 0 Å². The Morgan fingerprint density at radius 2 is 1.89 bits per heavy atom. The molecule has 0 radical (unpaired) electrons. The lowest BCUT2D eigenvalue weighted by Gasteiger charge is -2.40. The van der Waals surface area contributed by atoms with Crippen molar-refractivity contribution in [3.63, 3.8) is 0 Å². The summed E-state index contributed by atoms with van der Waals surface area (Å²) in [4.78, 5) is 51.8. The van der Waals surface area contributed by atoms with Gasteiger partial charge in [0.15, 0.2) is 0 Å². The van der Waals surface area contributed by atoms with Crippen molar-refractivity contribution >= 4 is 29.4 Å². The fraction of sp³-hybridized carbons (Fsp3) is 0.600. The van der Waals surface area contributed by atoms with Crippen LogP contribution in [0.4, 0.5) is 14.9 Å². The van der Waals surface area contributed by atoms with E-state index in [1.54, 1.807) is 6.07 Å². The van der Waals surface area contributed by atoms with Crippen molar-refractivity contribution in [1.82, 2.24) is 15.5 Å². The first-order valence-corrected chi connectivity index (χ1v) is 12.6. The molecule has 0 bridgehead atoms. The average Bonchev–Trinajstić information content (AvgIpc) is 2.83. The number of hydrogen-bond acceptors (Lipinski definition) is 5. The van der Waals surface area contributed by atoms with Crippen molar-refractivity contribution in [1.29, 1.82) is 0 Å². The highest BCUT2D eigenvalue weighted by molar-refractivity contribution is 5.93. The average molecular weight is 506 g/mol. The predicted molar refractivity (Wildman–Crippen MR) is 131 cm³/mol. The number of amides is 5. The summed E-state index contributed by atoms with van der Waals surface area (Å²) in [5.41, 5.74) is 5.86. The van der Waals surface area contributed by atoms with E-state index in [0.717, 1.165) is 32.1 Å². The number of carbonyl (C=O) groups excluding carboxylic acids is 4. The van der Waals surface area contributed by atoms with Gasteiger partial charge in [0.05, 0.1) is 0 Å². The summed E-state index contributed by atoms with van der Waals surface area (Å²) in [6.07, 6.45) is 4.82. The standard InChI is InChI=1S/C25H36FN5O5/c1-15(32)24(35)31-11-10-19(29-25(36)28-18-9-5-8-17(26)13-18)14-21(31)23(34)30-20(22(27)33)12-16-6-3-2-4-7-16/h5,8-9,13,15-16,19-21,32H,2-4,6-7,10-12,14H2,1H3,(H2,27,33)(H,30,34)(H2,28,29,36). The second-order valence-corrected chi connectivity index (χ2v) is 9.76. The number of aliphatic hydroxyl groups excluding tert-OH is 1. The molecule has 5 amide bonds. The first-order valence-electron chi connectivity index (χ1n) is 12.6. The fourth-order valence-electron chi connectivity index (χ4n) is 5.04. The van der Waals surface area contributed by atoms with E-state index in [-0.39, 0.29) is 18.7 Å². The maximum absolute atomic E-state index is 13.4. The summed E-state index contributed by atoms with van der Waals surface area (Å²) in [6, 6.07) is 2.52. The minimum absolute atomic E-state index is 0.0791. The summed E-state index contributed by atoms with van der Waals surface area (Å²) in [5, 5.41) is 17.9. The van der Waals surface area contributed by atoms with Gasteiger partial charge in [0.25, 0.3) is 5.91 Å². The van der Waals surface area contributed by atoms with Crippen LogP contribution in [0.25, 0.3) is 0 Å². The summed E-state index contributed by atoms with van der Waals surface area (Å²) in [6.45, 7) is 1.44. The third-order valence-electron chi connectivity index (χ3n) is 6.92. The molecule has 3 rings (SSSR count). The van der Waals surface area contributed by atoms with Crippen molar-refractivity contribution in [2.24, 2.45) is 11.7 Å². The number of benzene rings is 1. The van der Waals surface area contributed by atoms with Crippen molar-refractivity contribution in [2.45, 2.75) is 82.5 Å². The number of rotatable bonds is 8. The number of carbonyl (C=O) groups is 4. The van der Waals surface area contributed by atoms with Crippen LogP contribution in [0.3, 0.4) is 0 Å². The van der Waals surface area contributed by atoms with Crippen LogP contribution >= 0.6 is 0 Å². The van der Waals surface area contributed by atoms with Gasteiger partial charge in [-0.3, -0.25) is 14.4 Å². The van der Waals surface area contributed by atoms with E-state index in [0.29, 0.717) is 18.8 Å². The molecular formula is C25H36FN5O5. The molecule has 11 heteroatoms. The molecule has 0 aromatic heterocycles. The molecule has 1 aliphatic heterocycles. The van der Waals surface area contributed by atoms with Crippen LogP contribution in [-0.2, 0) is 14.4 Å². The number of nitrogens with one attached hydrogen (secondary N) is 3. The molecule has 1 heterocycles. The third-order valence-corrected chi connectivity index (χ3v) is 6.92. The highest BCUT2D eigenvalue weighted by atomic mass is 19.1. The lowest BCUT2D eigenvalue weighted by molar-refractivity contribution is -0.149. The maximum atomic E-state index is 13.4. The normalized spacial score (nSPS) is 22.2. The van der Waals surface area contributed by atoms with Crippen molar-refractivity contribution in [3.05, 3.63) is 30.1 Å². The van der Waals surface area contributed by atoms with Crippen LogP contribution in [-0.4, -0.2) is 64.5 Å². The van der Waals surface area contributed by atoms with Gasteiger partial charge in [-0.05, 0) is 50.3 Å². The minimum atomic E-state index is -1.31. The van der Waals surface area contributed by atoms with Crippen LogP contribution in [0.5, 0.6) is 0 Å². The van der Waals surface area contributed by atoms with Crippen molar-refractivity contribution in [2.75, 3.05) is 11.9 Å². The van der Waals surface area contributed by atoms with Crippen LogP contribution in [0.1, 0.15) is 58.3 Å². The van der Waals surface area contributed by atoms with Crippen molar-refractivity contribution < 1.29 is 28.7 Å². The first-order chi connectivity index (χ1) is 17.1. The van der Waals surface area contributed by atoms with Crippen LogP contribution < -0.4 is 21.7 Å². The summed E-state index contributed by atoms with van der Waals surface area (Å²) in [5.74, 6) is -2.01. The van der Waals surface area contributed by atoms with Crippen LogP contribution in [0, 0.1) is 11.7 Å². The molecule has 4 atom stereocenters. The predicted octanol–water partition coefficient (Wildman–Crippen LogP) is 1.63. The number of nitrogens with zero attached hydrogens (tertiary/aromatic N) is 1. The molecule has 1 aliphatic carbocycles. The Morgan fingerprint density at radius 3 is 2.53 bits per heavy atom. The molecule has 36 heavy (non-hydrogen) atoms. The molecule has 1 aromatic rings. The highest BCUT2D eigenvalue weighted by Crippen LogP contribution is 2.28. The molecular weight excluding hydrogens is 469 g/mol. The van der Waals surface area contributed by atoms with Gasteiger partial charge in [-0.15, -0.1) is 0 Å². The number of anilines is 1. The monoisotopic (exact) mass is 505 g/mol. The zero-order chi connectivity index (χ0) is 26.2. The Bertz CT molecular complexity index is 953. The van der Waals surface area contributed by atoms with Gasteiger partial charge in [-0.2, -0.15) is 0 Å². The summed E-state index contributed by atoms with van der Waals surface area (Å²) >= 11 is 0. The number of hydrogen-bond donors (Lipinski definition) is 5. The van der Waals surface area contributed by atoms with Crippen LogP contribution in [0.2, 0.25) is 0 Å². The molecule has 1 saturated carbocycles. The summed E-state index contributed by atoms with van der Waals surface area (Å²) < 4.78 is 13.4. The van der Waals surface area contributed by atoms with Gasteiger partial charge in [0, 0.05) is 18.3 Å². The Hall–Kier alpha value is -3.21. The van der Waals surface area contributed by atoms with Gasteiger partial charge >= 0.3 is 6.03 Å². The van der Waals surface area contributed by atoms with Gasteiger partial charge in [-0.1, -0.05) is 38.2 Å². The second kappa shape index (κ2) is 12.7. The fourth-order valence-corrected chi connectivity index (χ4v) is 5.04. The third kappa shape index (κ3) is 7.64. The Kier molecular flexibility index (Phi) is 9.63. The molecule has 1 saturated heterocycles. The Balaban J connectivity index is 1.67. The van der Waals surface area contributed by atoms with E-state index in [9.17, 15) is 28.7 Å². The lowest BCUT2D eigenvalue weighted by atomic mass is 9.84. The molecule has 198 valence electrons. The molecule has 2 fully saturated rings. The number of piperidine rings is 1. The van der Waals surface area contributed by atoms with Gasteiger partial charge < -0.3 is 31.7 Å². The Morgan fingerprint density at radius 1 is 1.17 bits per heavy atom. The van der Waals surface area contributed by atoms with Gasteiger partial charge in [-0.25, -0.2) is 9.18 Å². The lowest BCUT2D eigenvalue weighted by Crippen LogP contribution is -2.61. The number of halogens is 1. The highest BCUT2D eigenvalue weighted by Gasteiger charge is 2.39. The molecule has 0 spiro atoms. The molecule has 4 unspecified atom stereocenters. The van der Waals surface area contributed by atoms with Gasteiger partial charge in [0.1, 0.15) is 24.0 Å². The zero-order valence-electron chi connectivity index (χ0n) is 20.5. The van der Waals surface area contributed by atoms with E-state index < -0.39 is 53.8 Å². The number of nitrogens with two attached hydrogens (primary N) is 1. The smallest absolute Gasteiger partial charge is 0.319 e. The summed E-state index contributed by atoms with van der Waals surface area (Å²) in [7, 11) is 0. The number of likely N-dealkylation sites (tertiary alicyclic amines) is 1. The first kappa shape index (κ1) is 27.4. The SMILES string of the molecule is CC(O)C(=O)N1CCC(NC(=O)Nc2cccc(F)c2)CC1C(=O)NC(CC1CCCCC1)C(N)=O. The Labute approximate surface area is 210 Å². The minimum Gasteiger partial charge on any atom is -0.384 e. The molecule has 6 N–H and O–H groups in total. The van der Waals surface area contributed by atoms with E-state index in [1.165, 1.54) is 30.0 Å².